The molecule has 134 valence electrons. The number of methoxy groups -OCH3 is 1. The number of rotatable bonds is 5. The van der Waals surface area contributed by atoms with Crippen molar-refractivity contribution >= 4 is 53.5 Å². The van der Waals surface area contributed by atoms with Crippen molar-refractivity contribution in [2.24, 2.45) is 4.99 Å². The third-order valence-corrected chi connectivity index (χ3v) is 4.99. The van der Waals surface area contributed by atoms with Gasteiger partial charge in [-0.1, -0.05) is 12.1 Å². The van der Waals surface area contributed by atoms with Crippen molar-refractivity contribution in [3.05, 3.63) is 29.8 Å². The summed E-state index contributed by atoms with van der Waals surface area (Å²) in [6, 6.07) is 7.61. The molecular formula is C16H25IN4O2S. The maximum absolute atomic E-state index is 11.1. The zero-order valence-corrected chi connectivity index (χ0v) is 17.1. The first kappa shape index (κ1) is 20.9. The van der Waals surface area contributed by atoms with Crippen LogP contribution in [0.2, 0.25) is 0 Å². The monoisotopic (exact) mass is 464 g/mol. The van der Waals surface area contributed by atoms with Gasteiger partial charge >= 0.3 is 6.09 Å². The number of ether oxygens (including phenoxy) is 1. The molecule has 6 nitrogen and oxygen atoms in total. The normalized spacial score (nSPS) is 16.9. The molecular weight excluding hydrogens is 439 g/mol. The van der Waals surface area contributed by atoms with E-state index in [-0.39, 0.29) is 24.0 Å². The third kappa shape index (κ3) is 7.16. The molecule has 0 bridgehead atoms. The van der Waals surface area contributed by atoms with Crippen LogP contribution in [0.25, 0.3) is 0 Å². The highest BCUT2D eigenvalue weighted by atomic mass is 127. The number of anilines is 1. The Balaban J connectivity index is 0.00000288. The minimum absolute atomic E-state index is 0. The maximum Gasteiger partial charge on any atom is 0.411 e. The summed E-state index contributed by atoms with van der Waals surface area (Å²) in [7, 11) is 3.12. The van der Waals surface area contributed by atoms with Gasteiger partial charge in [0.15, 0.2) is 5.96 Å². The van der Waals surface area contributed by atoms with Gasteiger partial charge in [0, 0.05) is 31.1 Å². The summed E-state index contributed by atoms with van der Waals surface area (Å²) in [5.74, 6) is 2.08. The Morgan fingerprint density at radius 3 is 2.67 bits per heavy atom. The van der Waals surface area contributed by atoms with Gasteiger partial charge in [-0.2, -0.15) is 11.8 Å². The zero-order valence-electron chi connectivity index (χ0n) is 14.0. The van der Waals surface area contributed by atoms with Crippen LogP contribution in [0.1, 0.15) is 18.4 Å². The lowest BCUT2D eigenvalue weighted by Crippen LogP contribution is -2.39. The largest absolute Gasteiger partial charge is 0.453 e. The first-order valence-corrected chi connectivity index (χ1v) is 8.76. The summed E-state index contributed by atoms with van der Waals surface area (Å²) in [5, 5.41) is 9.99. The summed E-state index contributed by atoms with van der Waals surface area (Å²) < 4.78 is 4.56. The molecule has 2 rings (SSSR count). The Labute approximate surface area is 164 Å². The lowest BCUT2D eigenvalue weighted by Gasteiger charge is -2.15. The van der Waals surface area contributed by atoms with Crippen LogP contribution < -0.4 is 16.0 Å². The second-order valence-corrected chi connectivity index (χ2v) is 6.66. The number of aliphatic imine (C=N–C) groups is 1. The number of thioether (sulfide) groups is 1. The highest BCUT2D eigenvalue weighted by Gasteiger charge is 2.15. The smallest absolute Gasteiger partial charge is 0.411 e. The van der Waals surface area contributed by atoms with Crippen LogP contribution in [0.15, 0.2) is 29.3 Å². The second-order valence-electron chi connectivity index (χ2n) is 5.26. The Bertz CT molecular complexity index is 533. The molecule has 1 atom stereocenters. The molecule has 1 aliphatic rings. The van der Waals surface area contributed by atoms with Crippen molar-refractivity contribution < 1.29 is 9.53 Å². The number of carbonyl (C=O) groups excluding carboxylic acids is 1. The van der Waals surface area contributed by atoms with Crippen molar-refractivity contribution in [2.75, 3.05) is 31.8 Å². The SMILES string of the molecule is CN=C(NCc1ccc(NC(=O)OC)cc1)NCC1CCCS1.I. The van der Waals surface area contributed by atoms with Gasteiger partial charge in [-0.05, 0) is 36.3 Å². The van der Waals surface area contributed by atoms with E-state index in [4.69, 9.17) is 0 Å². The van der Waals surface area contributed by atoms with Gasteiger partial charge in [-0.25, -0.2) is 4.79 Å². The molecule has 0 aromatic heterocycles. The van der Waals surface area contributed by atoms with Crippen LogP contribution in [-0.4, -0.2) is 43.8 Å². The number of hydrogen-bond acceptors (Lipinski definition) is 4. The van der Waals surface area contributed by atoms with Crippen molar-refractivity contribution in [1.82, 2.24) is 10.6 Å². The molecule has 1 aliphatic heterocycles. The van der Waals surface area contributed by atoms with E-state index in [1.165, 1.54) is 25.7 Å². The number of guanidine groups is 1. The first-order valence-electron chi connectivity index (χ1n) is 7.71. The van der Waals surface area contributed by atoms with Gasteiger partial charge in [-0.15, -0.1) is 24.0 Å². The molecule has 3 N–H and O–H groups in total. The second kappa shape index (κ2) is 11.4. The molecule has 1 amide bonds. The van der Waals surface area contributed by atoms with Gasteiger partial charge < -0.3 is 15.4 Å². The van der Waals surface area contributed by atoms with Crippen molar-refractivity contribution in [2.45, 2.75) is 24.6 Å². The average Bonchev–Trinajstić information content (AvgIpc) is 3.09. The number of carbonyl (C=O) groups is 1. The van der Waals surface area contributed by atoms with Gasteiger partial charge in [0.2, 0.25) is 0 Å². The quantitative estimate of drug-likeness (QED) is 0.355. The number of hydrogen-bond donors (Lipinski definition) is 3. The van der Waals surface area contributed by atoms with E-state index in [1.807, 2.05) is 36.0 Å². The minimum atomic E-state index is -0.467. The van der Waals surface area contributed by atoms with Gasteiger partial charge in [0.1, 0.15) is 0 Å². The fourth-order valence-corrected chi connectivity index (χ4v) is 3.50. The standard InChI is InChI=1S/C16H24N4O2S.HI/c1-17-15(19-11-14-4-3-9-23-14)18-10-12-5-7-13(8-6-12)20-16(21)22-2;/h5-8,14H,3-4,9-11H2,1-2H3,(H,20,21)(H2,17,18,19);1H. The van der Waals surface area contributed by atoms with E-state index < -0.39 is 6.09 Å². The fraction of sp³-hybridized carbons (Fsp3) is 0.500. The van der Waals surface area contributed by atoms with Crippen LogP contribution in [0, 0.1) is 0 Å². The van der Waals surface area contributed by atoms with Crippen LogP contribution in [0.3, 0.4) is 0 Å². The average molecular weight is 464 g/mol. The highest BCUT2D eigenvalue weighted by molar-refractivity contribution is 14.0. The summed E-state index contributed by atoms with van der Waals surface area (Å²) in [5.41, 5.74) is 1.82. The van der Waals surface area contributed by atoms with Crippen molar-refractivity contribution in [1.29, 1.82) is 0 Å². The third-order valence-electron chi connectivity index (χ3n) is 3.59. The number of nitrogens with one attached hydrogen (secondary N) is 3. The van der Waals surface area contributed by atoms with Gasteiger partial charge in [0.05, 0.1) is 7.11 Å². The zero-order chi connectivity index (χ0) is 16.5. The molecule has 1 saturated heterocycles. The minimum Gasteiger partial charge on any atom is -0.453 e. The molecule has 1 aromatic rings. The van der Waals surface area contributed by atoms with Crippen LogP contribution in [0.5, 0.6) is 0 Å². The highest BCUT2D eigenvalue weighted by Crippen LogP contribution is 2.25. The first-order chi connectivity index (χ1) is 11.2. The maximum atomic E-state index is 11.1. The molecule has 0 spiro atoms. The Morgan fingerprint density at radius 1 is 1.33 bits per heavy atom. The molecule has 1 unspecified atom stereocenters. The molecule has 1 fully saturated rings. The van der Waals surface area contributed by atoms with E-state index in [9.17, 15) is 4.79 Å². The molecule has 0 radical (unpaired) electrons. The van der Waals surface area contributed by atoms with Crippen molar-refractivity contribution in [3.8, 4) is 0 Å². The molecule has 0 saturated carbocycles. The van der Waals surface area contributed by atoms with E-state index in [0.717, 1.165) is 18.1 Å². The summed E-state index contributed by atoms with van der Waals surface area (Å²) in [4.78, 5) is 15.4. The number of halogens is 1. The summed E-state index contributed by atoms with van der Waals surface area (Å²) in [6.07, 6.45) is 2.13. The molecule has 1 heterocycles. The summed E-state index contributed by atoms with van der Waals surface area (Å²) in [6.45, 7) is 1.63. The molecule has 0 aliphatic carbocycles. The van der Waals surface area contributed by atoms with Crippen molar-refractivity contribution in [3.63, 3.8) is 0 Å². The topological polar surface area (TPSA) is 74.8 Å². The molecule has 8 heteroatoms. The molecule has 24 heavy (non-hydrogen) atoms. The number of amides is 1. The van der Waals surface area contributed by atoms with Gasteiger partial charge in [0.25, 0.3) is 0 Å². The lowest BCUT2D eigenvalue weighted by molar-refractivity contribution is 0.187. The lowest BCUT2D eigenvalue weighted by atomic mass is 10.2. The van der Waals surface area contributed by atoms with E-state index in [0.29, 0.717) is 17.5 Å². The summed E-state index contributed by atoms with van der Waals surface area (Å²) >= 11 is 2.03. The predicted octanol–water partition coefficient (Wildman–Crippen LogP) is 3.04. The number of benzene rings is 1. The molecule has 1 aromatic carbocycles. The van der Waals surface area contributed by atoms with E-state index in [2.05, 4.69) is 25.7 Å². The number of nitrogens with zero attached hydrogens (tertiary/aromatic N) is 1. The fourth-order valence-electron chi connectivity index (χ4n) is 2.30. The van der Waals surface area contributed by atoms with Crippen LogP contribution >= 0.6 is 35.7 Å². The Hall–Kier alpha value is -1.16. The van der Waals surface area contributed by atoms with E-state index >= 15 is 0 Å². The Morgan fingerprint density at radius 2 is 2.08 bits per heavy atom. The van der Waals surface area contributed by atoms with Gasteiger partial charge in [-0.3, -0.25) is 10.3 Å². The predicted molar refractivity (Wildman–Crippen MR) is 112 cm³/mol. The van der Waals surface area contributed by atoms with E-state index in [1.54, 1.807) is 7.05 Å². The van der Waals surface area contributed by atoms with Crippen LogP contribution in [0.4, 0.5) is 10.5 Å². The Kier molecular flexibility index (Phi) is 9.92. The van der Waals surface area contributed by atoms with Crippen LogP contribution in [-0.2, 0) is 11.3 Å².